The quantitative estimate of drug-likeness (QED) is 0.404. The van der Waals surface area contributed by atoms with Gasteiger partial charge in [0.15, 0.2) is 5.78 Å². The van der Waals surface area contributed by atoms with E-state index in [2.05, 4.69) is 41.5 Å². The van der Waals surface area contributed by atoms with E-state index in [4.69, 9.17) is 4.74 Å². The Labute approximate surface area is 223 Å². The van der Waals surface area contributed by atoms with Crippen LogP contribution < -0.4 is 0 Å². The van der Waals surface area contributed by atoms with E-state index in [0.717, 1.165) is 44.9 Å². The molecular weight excluding hydrogens is 464 g/mol. The van der Waals surface area contributed by atoms with Crippen LogP contribution in [0.15, 0.2) is 11.6 Å². The lowest BCUT2D eigenvalue weighted by Gasteiger charge is -2.70. The lowest BCUT2D eigenvalue weighted by atomic mass is 9.33. The number of aliphatic carboxylic acids is 1. The number of fused-ring (bicyclic) bond motifs is 7. The Morgan fingerprint density at radius 3 is 2.19 bits per heavy atom. The van der Waals surface area contributed by atoms with Gasteiger partial charge in [0.2, 0.25) is 0 Å². The molecule has 0 spiro atoms. The number of carboxylic acids is 1. The van der Waals surface area contributed by atoms with Gasteiger partial charge in [0.05, 0.1) is 5.41 Å². The van der Waals surface area contributed by atoms with Gasteiger partial charge in [-0.25, -0.2) is 0 Å². The van der Waals surface area contributed by atoms with Gasteiger partial charge < -0.3 is 9.84 Å². The average molecular weight is 513 g/mol. The second kappa shape index (κ2) is 7.94. The average Bonchev–Trinajstić information content (AvgIpc) is 2.78. The molecule has 0 aromatic carbocycles. The number of esters is 1. The van der Waals surface area contributed by atoms with Gasteiger partial charge in [-0.1, -0.05) is 47.1 Å². The van der Waals surface area contributed by atoms with Crippen LogP contribution in [-0.4, -0.2) is 28.9 Å². The van der Waals surface area contributed by atoms with Crippen molar-refractivity contribution in [3.63, 3.8) is 0 Å². The third-order valence-corrected chi connectivity index (χ3v) is 13.3. The molecule has 1 N–H and O–H groups in total. The molecule has 5 aliphatic rings. The van der Waals surface area contributed by atoms with Crippen molar-refractivity contribution in [3.05, 3.63) is 11.6 Å². The second-order valence-corrected chi connectivity index (χ2v) is 15.5. The summed E-state index contributed by atoms with van der Waals surface area (Å²) in [5, 5.41) is 10.1. The van der Waals surface area contributed by atoms with E-state index in [1.165, 1.54) is 12.5 Å². The van der Waals surface area contributed by atoms with Crippen molar-refractivity contribution < 1.29 is 24.2 Å². The Bertz CT molecular complexity index is 1070. The third kappa shape index (κ3) is 3.43. The van der Waals surface area contributed by atoms with Crippen molar-refractivity contribution in [1.82, 2.24) is 0 Å². The van der Waals surface area contributed by atoms with Crippen LogP contribution in [0.3, 0.4) is 0 Å². The van der Waals surface area contributed by atoms with Gasteiger partial charge in [0, 0.05) is 18.3 Å². The second-order valence-electron chi connectivity index (χ2n) is 15.5. The number of carbonyl (C=O) groups excluding carboxylic acids is 2. The maximum Gasteiger partial charge on any atom is 0.309 e. The molecule has 0 bridgehead atoms. The molecule has 0 radical (unpaired) electrons. The largest absolute Gasteiger partial charge is 0.481 e. The molecule has 0 amide bonds. The van der Waals surface area contributed by atoms with Gasteiger partial charge in [-0.3, -0.25) is 14.4 Å². The number of ketones is 1. The predicted molar refractivity (Wildman–Crippen MR) is 143 cm³/mol. The van der Waals surface area contributed by atoms with Gasteiger partial charge in [-0.15, -0.1) is 0 Å². The molecule has 5 nitrogen and oxygen atoms in total. The molecule has 37 heavy (non-hydrogen) atoms. The lowest BCUT2D eigenvalue weighted by molar-refractivity contribution is -0.210. The predicted octanol–water partition coefficient (Wildman–Crippen LogP) is 6.98. The summed E-state index contributed by atoms with van der Waals surface area (Å²) in [7, 11) is 0. The molecule has 5 heteroatoms. The number of hydrogen-bond acceptors (Lipinski definition) is 4. The van der Waals surface area contributed by atoms with Crippen LogP contribution in [0.25, 0.3) is 0 Å². The van der Waals surface area contributed by atoms with E-state index in [1.807, 2.05) is 13.0 Å². The van der Waals surface area contributed by atoms with Crippen molar-refractivity contribution in [2.24, 2.45) is 50.2 Å². The zero-order valence-electron chi connectivity index (χ0n) is 24.3. The molecule has 0 unspecified atom stereocenters. The fraction of sp³-hybridized carbons (Fsp3) is 0.844. The first-order valence-electron chi connectivity index (χ1n) is 14.6. The van der Waals surface area contributed by atoms with E-state index >= 15 is 0 Å². The zero-order chi connectivity index (χ0) is 27.4. The minimum absolute atomic E-state index is 0.0644. The smallest absolute Gasteiger partial charge is 0.309 e. The van der Waals surface area contributed by atoms with Gasteiger partial charge in [0.1, 0.15) is 6.10 Å². The molecular formula is C32H48O5. The molecule has 206 valence electrons. The van der Waals surface area contributed by atoms with Crippen molar-refractivity contribution >= 4 is 17.7 Å². The maximum atomic E-state index is 14.4. The summed E-state index contributed by atoms with van der Waals surface area (Å²) >= 11 is 0. The number of allylic oxidation sites excluding steroid dienone is 2. The summed E-state index contributed by atoms with van der Waals surface area (Å²) in [6, 6.07) is 0. The van der Waals surface area contributed by atoms with Crippen molar-refractivity contribution in [2.75, 3.05) is 0 Å². The summed E-state index contributed by atoms with van der Waals surface area (Å²) in [4.78, 5) is 38.5. The number of rotatable bonds is 2. The number of ether oxygens (including phenoxy) is 1. The molecule has 0 aromatic rings. The summed E-state index contributed by atoms with van der Waals surface area (Å²) in [6.45, 7) is 17.4. The highest BCUT2D eigenvalue weighted by Crippen LogP contribution is 2.75. The number of carbonyl (C=O) groups is 3. The molecule has 0 aliphatic heterocycles. The Hall–Kier alpha value is -1.65. The zero-order valence-corrected chi connectivity index (χ0v) is 24.3. The van der Waals surface area contributed by atoms with Crippen LogP contribution in [0.2, 0.25) is 0 Å². The molecule has 9 atom stereocenters. The van der Waals surface area contributed by atoms with E-state index in [9.17, 15) is 19.5 Å². The minimum atomic E-state index is -0.729. The Morgan fingerprint density at radius 1 is 0.919 bits per heavy atom. The summed E-state index contributed by atoms with van der Waals surface area (Å²) in [5.74, 6) is -0.280. The van der Waals surface area contributed by atoms with E-state index in [0.29, 0.717) is 18.8 Å². The third-order valence-electron chi connectivity index (χ3n) is 13.3. The van der Waals surface area contributed by atoms with E-state index < -0.39 is 11.4 Å². The highest BCUT2D eigenvalue weighted by molar-refractivity contribution is 5.95. The molecule has 5 aliphatic carbocycles. The normalized spacial score (nSPS) is 50.5. The first-order valence-corrected chi connectivity index (χ1v) is 14.6. The van der Waals surface area contributed by atoms with Crippen LogP contribution in [0, 0.1) is 50.2 Å². The van der Waals surface area contributed by atoms with Crippen LogP contribution in [0.1, 0.15) is 113 Å². The molecule has 4 fully saturated rings. The highest BCUT2D eigenvalue weighted by atomic mass is 16.5. The van der Waals surface area contributed by atoms with Gasteiger partial charge in [-0.2, -0.15) is 0 Å². The molecule has 0 aromatic heterocycles. The number of hydrogen-bond donors (Lipinski definition) is 1. The summed E-state index contributed by atoms with van der Waals surface area (Å²) in [5.41, 5.74) is -0.0327. The van der Waals surface area contributed by atoms with Crippen molar-refractivity contribution in [1.29, 1.82) is 0 Å². The number of carboxylic acid groups (broad SMARTS) is 1. The van der Waals surface area contributed by atoms with Gasteiger partial charge in [-0.05, 0) is 104 Å². The molecule has 4 saturated carbocycles. The fourth-order valence-corrected chi connectivity index (χ4v) is 10.8. The topological polar surface area (TPSA) is 80.7 Å². The standard InChI is InChI=1S/C32H48O5/c1-19(33)37-24-10-11-30(6)23(27(24,2)3)9-12-32(8)25(30)22(34)17-20-21-18-29(5,26(35)36)14-13-28(21,4)15-16-31(20,32)7/h17,21,23-25H,9-16,18H2,1-8H3,(H,35,36)/t21-,23+,24+,25+,28-,29+,30+,31-,32+/m0/s1. The minimum Gasteiger partial charge on any atom is -0.481 e. The maximum absolute atomic E-state index is 14.4. The summed E-state index contributed by atoms with van der Waals surface area (Å²) < 4.78 is 5.82. The van der Waals surface area contributed by atoms with Gasteiger partial charge in [0.25, 0.3) is 0 Å². The van der Waals surface area contributed by atoms with Crippen LogP contribution in [0.4, 0.5) is 0 Å². The molecule has 0 heterocycles. The first kappa shape index (κ1) is 26.9. The van der Waals surface area contributed by atoms with Crippen molar-refractivity contribution in [3.8, 4) is 0 Å². The SMILES string of the molecule is CC(=O)O[C@@H]1CC[C@]2(C)[C@H](CC[C@]3(C)[C@@H]2C(=O)C=C2[C@@H]4C[C@](C)(C(=O)O)CC[C@@]4(C)CC[C@@]23C)C1(C)C. The van der Waals surface area contributed by atoms with Gasteiger partial charge >= 0.3 is 11.9 Å². The van der Waals surface area contributed by atoms with Crippen LogP contribution >= 0.6 is 0 Å². The Balaban J connectivity index is 1.58. The fourth-order valence-electron chi connectivity index (χ4n) is 10.8. The van der Waals surface area contributed by atoms with E-state index in [-0.39, 0.29) is 56.8 Å². The lowest BCUT2D eigenvalue weighted by Crippen LogP contribution is -2.66. The van der Waals surface area contributed by atoms with Crippen LogP contribution in [-0.2, 0) is 19.1 Å². The summed E-state index contributed by atoms with van der Waals surface area (Å²) in [6.07, 6.45) is 10.0. The first-order chi connectivity index (χ1) is 16.9. The Morgan fingerprint density at radius 2 is 1.57 bits per heavy atom. The molecule has 0 saturated heterocycles. The monoisotopic (exact) mass is 512 g/mol. The Kier molecular flexibility index (Phi) is 5.78. The van der Waals surface area contributed by atoms with Crippen LogP contribution in [0.5, 0.6) is 0 Å². The van der Waals surface area contributed by atoms with E-state index in [1.54, 1.807) is 0 Å². The van der Waals surface area contributed by atoms with Crippen molar-refractivity contribution in [2.45, 2.75) is 119 Å². The highest BCUT2D eigenvalue weighted by Gasteiger charge is 2.70. The molecule has 5 rings (SSSR count).